The van der Waals surface area contributed by atoms with Crippen molar-refractivity contribution in [3.05, 3.63) is 75.2 Å². The van der Waals surface area contributed by atoms with Crippen LogP contribution >= 0.6 is 22.9 Å². The molecule has 0 atom stereocenters. The summed E-state index contributed by atoms with van der Waals surface area (Å²) in [6.07, 6.45) is 0.240. The van der Waals surface area contributed by atoms with Gasteiger partial charge in [0.15, 0.2) is 0 Å². The van der Waals surface area contributed by atoms with Gasteiger partial charge in [-0.05, 0) is 41.8 Å². The minimum Gasteiger partial charge on any atom is -0.486 e. The maximum atomic E-state index is 12.4. The van der Waals surface area contributed by atoms with Gasteiger partial charge in [-0.25, -0.2) is 4.98 Å². The summed E-state index contributed by atoms with van der Waals surface area (Å²) in [5, 5.41) is 6.39. The highest BCUT2D eigenvalue weighted by atomic mass is 35.5. The number of nitrogens with zero attached hydrogens (tertiary/aromatic N) is 1. The van der Waals surface area contributed by atoms with Gasteiger partial charge in [-0.1, -0.05) is 43.6 Å². The van der Waals surface area contributed by atoms with Crippen LogP contribution in [0.4, 0.5) is 5.69 Å². The molecule has 140 valence electrons. The predicted octanol–water partition coefficient (Wildman–Crippen LogP) is 5.68. The third kappa shape index (κ3) is 5.55. The summed E-state index contributed by atoms with van der Waals surface area (Å²) in [5.41, 5.74) is 2.73. The van der Waals surface area contributed by atoms with E-state index >= 15 is 0 Å². The lowest BCUT2D eigenvalue weighted by molar-refractivity contribution is -0.115. The molecule has 0 spiro atoms. The molecule has 0 aliphatic rings. The Morgan fingerprint density at radius 1 is 1.19 bits per heavy atom. The molecule has 0 radical (unpaired) electrons. The molecule has 2 aromatic carbocycles. The van der Waals surface area contributed by atoms with E-state index in [2.05, 4.69) is 24.1 Å². The van der Waals surface area contributed by atoms with Gasteiger partial charge in [0.1, 0.15) is 17.4 Å². The minimum atomic E-state index is -0.0708. The highest BCUT2D eigenvalue weighted by Crippen LogP contribution is 2.24. The lowest BCUT2D eigenvalue weighted by Gasteiger charge is -2.13. The second-order valence-electron chi connectivity index (χ2n) is 6.44. The fourth-order valence-electron chi connectivity index (χ4n) is 2.65. The van der Waals surface area contributed by atoms with Gasteiger partial charge in [-0.3, -0.25) is 4.79 Å². The monoisotopic (exact) mass is 400 g/mol. The van der Waals surface area contributed by atoms with Crippen molar-refractivity contribution in [3.8, 4) is 5.75 Å². The van der Waals surface area contributed by atoms with E-state index in [1.54, 1.807) is 12.1 Å². The Kier molecular flexibility index (Phi) is 6.48. The zero-order valence-corrected chi connectivity index (χ0v) is 16.8. The summed E-state index contributed by atoms with van der Waals surface area (Å²) in [4.78, 5) is 16.9. The van der Waals surface area contributed by atoms with E-state index in [0.717, 1.165) is 27.7 Å². The highest BCUT2D eigenvalue weighted by molar-refractivity contribution is 7.09. The number of benzene rings is 2. The zero-order chi connectivity index (χ0) is 19.2. The number of thiazole rings is 1. The Hall–Kier alpha value is -2.37. The van der Waals surface area contributed by atoms with Crippen LogP contribution < -0.4 is 10.1 Å². The summed E-state index contributed by atoms with van der Waals surface area (Å²) in [6, 6.07) is 15.1. The third-order valence-corrected chi connectivity index (χ3v) is 5.10. The predicted molar refractivity (Wildman–Crippen MR) is 111 cm³/mol. The number of rotatable bonds is 7. The van der Waals surface area contributed by atoms with Crippen LogP contribution in [0.15, 0.2) is 53.9 Å². The molecule has 0 aliphatic heterocycles. The molecule has 1 heterocycles. The normalized spacial score (nSPS) is 10.8. The number of para-hydroxylation sites is 1. The molecule has 0 bridgehead atoms. The Labute approximate surface area is 168 Å². The van der Waals surface area contributed by atoms with E-state index in [4.69, 9.17) is 16.3 Å². The number of carbonyl (C=O) groups is 1. The average Bonchev–Trinajstić information content (AvgIpc) is 3.08. The lowest BCUT2D eigenvalue weighted by atomic mass is 10.0. The summed E-state index contributed by atoms with van der Waals surface area (Å²) in [5.74, 6) is 1.01. The van der Waals surface area contributed by atoms with Gasteiger partial charge in [0.05, 0.1) is 12.1 Å². The summed E-state index contributed by atoms with van der Waals surface area (Å²) in [6.45, 7) is 4.58. The number of amides is 1. The number of hydrogen-bond donors (Lipinski definition) is 1. The number of hydrogen-bond acceptors (Lipinski definition) is 4. The van der Waals surface area contributed by atoms with Crippen molar-refractivity contribution in [2.45, 2.75) is 32.8 Å². The number of halogens is 1. The summed E-state index contributed by atoms with van der Waals surface area (Å²) >= 11 is 7.35. The van der Waals surface area contributed by atoms with Crippen molar-refractivity contribution < 1.29 is 9.53 Å². The van der Waals surface area contributed by atoms with Gasteiger partial charge in [-0.2, -0.15) is 0 Å². The average molecular weight is 401 g/mol. The number of carbonyl (C=O) groups excluding carboxylic acids is 1. The van der Waals surface area contributed by atoms with Gasteiger partial charge < -0.3 is 10.1 Å². The van der Waals surface area contributed by atoms with Crippen molar-refractivity contribution >= 4 is 34.5 Å². The van der Waals surface area contributed by atoms with E-state index in [1.807, 2.05) is 41.8 Å². The Bertz CT molecular complexity index is 907. The molecule has 0 fully saturated rings. The molecule has 0 saturated carbocycles. The van der Waals surface area contributed by atoms with Crippen LogP contribution in [0, 0.1) is 0 Å². The van der Waals surface area contributed by atoms with Crippen LogP contribution in [-0.4, -0.2) is 10.9 Å². The van der Waals surface area contributed by atoms with Crippen molar-refractivity contribution in [3.63, 3.8) is 0 Å². The SMILES string of the molecule is CC(C)c1ccccc1NC(=O)Cc1csc(COc2ccc(Cl)cc2)n1. The van der Waals surface area contributed by atoms with E-state index in [9.17, 15) is 4.79 Å². The molecule has 0 saturated heterocycles. The second-order valence-corrected chi connectivity index (χ2v) is 7.82. The Balaban J connectivity index is 1.56. The van der Waals surface area contributed by atoms with Gasteiger partial charge in [0.2, 0.25) is 5.91 Å². The van der Waals surface area contributed by atoms with Crippen molar-refractivity contribution in [1.29, 1.82) is 0 Å². The number of anilines is 1. The van der Waals surface area contributed by atoms with E-state index in [1.165, 1.54) is 11.3 Å². The molecule has 1 amide bonds. The zero-order valence-electron chi connectivity index (χ0n) is 15.2. The molecule has 3 aromatic rings. The van der Waals surface area contributed by atoms with Gasteiger partial charge in [0.25, 0.3) is 0 Å². The molecule has 1 N–H and O–H groups in total. The van der Waals surface area contributed by atoms with Gasteiger partial charge in [-0.15, -0.1) is 11.3 Å². The Morgan fingerprint density at radius 3 is 2.67 bits per heavy atom. The maximum Gasteiger partial charge on any atom is 0.230 e. The van der Waals surface area contributed by atoms with Crippen LogP contribution in [0.25, 0.3) is 0 Å². The first-order chi connectivity index (χ1) is 13.0. The van der Waals surface area contributed by atoms with Crippen molar-refractivity contribution in [1.82, 2.24) is 4.98 Å². The molecule has 27 heavy (non-hydrogen) atoms. The fourth-order valence-corrected chi connectivity index (χ4v) is 3.48. The number of aromatic nitrogens is 1. The standard InChI is InChI=1S/C21H21ClN2O2S/c1-14(2)18-5-3-4-6-19(18)24-20(25)11-16-13-27-21(23-16)12-26-17-9-7-15(22)8-10-17/h3-10,13-14H,11-12H2,1-2H3,(H,24,25). The highest BCUT2D eigenvalue weighted by Gasteiger charge is 2.12. The Morgan fingerprint density at radius 2 is 1.93 bits per heavy atom. The second kappa shape index (κ2) is 9.02. The molecule has 3 rings (SSSR count). The number of ether oxygens (including phenoxy) is 1. The van der Waals surface area contributed by atoms with E-state index in [-0.39, 0.29) is 12.3 Å². The molecule has 0 unspecified atom stereocenters. The van der Waals surface area contributed by atoms with Crippen LogP contribution in [0.2, 0.25) is 5.02 Å². The first-order valence-electron chi connectivity index (χ1n) is 8.71. The largest absolute Gasteiger partial charge is 0.486 e. The molecule has 0 aliphatic carbocycles. The van der Waals surface area contributed by atoms with Crippen LogP contribution in [0.5, 0.6) is 5.75 Å². The number of nitrogens with one attached hydrogen (secondary N) is 1. The minimum absolute atomic E-state index is 0.0708. The fraction of sp³-hybridized carbons (Fsp3) is 0.238. The van der Waals surface area contributed by atoms with Crippen LogP contribution in [0.3, 0.4) is 0 Å². The third-order valence-electron chi connectivity index (χ3n) is 3.97. The first-order valence-corrected chi connectivity index (χ1v) is 9.97. The topological polar surface area (TPSA) is 51.2 Å². The molecular weight excluding hydrogens is 380 g/mol. The van der Waals surface area contributed by atoms with Crippen LogP contribution in [-0.2, 0) is 17.8 Å². The quantitative estimate of drug-likeness (QED) is 0.555. The van der Waals surface area contributed by atoms with Crippen molar-refractivity contribution in [2.75, 3.05) is 5.32 Å². The lowest BCUT2D eigenvalue weighted by Crippen LogP contribution is -2.16. The molecule has 4 nitrogen and oxygen atoms in total. The van der Waals surface area contributed by atoms with E-state index < -0.39 is 0 Å². The van der Waals surface area contributed by atoms with Gasteiger partial charge >= 0.3 is 0 Å². The smallest absolute Gasteiger partial charge is 0.230 e. The summed E-state index contributed by atoms with van der Waals surface area (Å²) in [7, 11) is 0. The summed E-state index contributed by atoms with van der Waals surface area (Å²) < 4.78 is 5.69. The van der Waals surface area contributed by atoms with Gasteiger partial charge in [0, 0.05) is 16.1 Å². The van der Waals surface area contributed by atoms with Crippen molar-refractivity contribution in [2.24, 2.45) is 0 Å². The molecular formula is C21H21ClN2O2S. The van der Waals surface area contributed by atoms with Crippen LogP contribution in [0.1, 0.15) is 36.0 Å². The molecule has 1 aromatic heterocycles. The first kappa shape index (κ1) is 19.4. The molecule has 6 heteroatoms. The maximum absolute atomic E-state index is 12.4. The van der Waals surface area contributed by atoms with E-state index in [0.29, 0.717) is 17.5 Å².